The summed E-state index contributed by atoms with van der Waals surface area (Å²) in [4.78, 5) is 11.3. The van der Waals surface area contributed by atoms with E-state index in [1.807, 2.05) is 61.7 Å². The van der Waals surface area contributed by atoms with E-state index >= 15 is 0 Å². The summed E-state index contributed by atoms with van der Waals surface area (Å²) < 4.78 is 13.4. The van der Waals surface area contributed by atoms with E-state index in [1.54, 1.807) is 18.2 Å². The molecule has 0 bridgehead atoms. The Morgan fingerprint density at radius 3 is 2.47 bits per heavy atom. The van der Waals surface area contributed by atoms with Gasteiger partial charge in [0.05, 0.1) is 12.1 Å². The molecule has 1 heterocycles. The average Bonchev–Trinajstić information content (AvgIpc) is 3.24. The van der Waals surface area contributed by atoms with Gasteiger partial charge in [-0.3, -0.25) is 14.7 Å². The van der Waals surface area contributed by atoms with Crippen LogP contribution < -0.4 is 9.47 Å². The molecule has 1 aromatic heterocycles. The number of hydrogen-bond donors (Lipinski definition) is 0. The number of rotatable bonds is 10. The van der Waals surface area contributed by atoms with Crippen molar-refractivity contribution < 1.29 is 14.4 Å². The molecule has 38 heavy (non-hydrogen) atoms. The number of benzene rings is 3. The Morgan fingerprint density at radius 2 is 1.79 bits per heavy atom. The number of aryl methyl sites for hydroxylation is 3. The van der Waals surface area contributed by atoms with Crippen molar-refractivity contribution in [2.75, 3.05) is 13.7 Å². The van der Waals surface area contributed by atoms with Gasteiger partial charge in [-0.05, 0) is 67.8 Å². The Bertz CT molecular complexity index is 1480. The molecule has 8 nitrogen and oxygen atoms in total. The summed E-state index contributed by atoms with van der Waals surface area (Å²) in [6.07, 6.45) is 0. The second-order valence-electron chi connectivity index (χ2n) is 8.67. The molecule has 0 aliphatic rings. The molecule has 0 spiro atoms. The third-order valence-corrected chi connectivity index (χ3v) is 7.89. The number of halogens is 2. The summed E-state index contributed by atoms with van der Waals surface area (Å²) in [5, 5.41) is 21.0. The van der Waals surface area contributed by atoms with Gasteiger partial charge in [0, 0.05) is 21.2 Å². The summed E-state index contributed by atoms with van der Waals surface area (Å²) in [5.41, 5.74) is 4.57. The van der Waals surface area contributed by atoms with Crippen LogP contribution >= 0.6 is 35.0 Å². The zero-order valence-corrected chi connectivity index (χ0v) is 23.6. The van der Waals surface area contributed by atoms with Crippen LogP contribution in [0.1, 0.15) is 33.3 Å². The van der Waals surface area contributed by atoms with Gasteiger partial charge in [0.1, 0.15) is 17.7 Å². The molecule has 11 heteroatoms. The van der Waals surface area contributed by atoms with E-state index in [0.717, 1.165) is 16.8 Å². The normalized spacial score (nSPS) is 11.8. The van der Waals surface area contributed by atoms with Crippen LogP contribution in [0.25, 0.3) is 5.69 Å². The van der Waals surface area contributed by atoms with Crippen molar-refractivity contribution in [3.05, 3.63) is 103 Å². The molecule has 1 atom stereocenters. The number of ether oxygens (including phenoxy) is 2. The van der Waals surface area contributed by atoms with E-state index in [2.05, 4.69) is 10.2 Å². The average molecular weight is 574 g/mol. The van der Waals surface area contributed by atoms with E-state index in [0.29, 0.717) is 33.1 Å². The molecule has 3 aromatic carbocycles. The van der Waals surface area contributed by atoms with Crippen LogP contribution in [-0.4, -0.2) is 33.3 Å². The minimum atomic E-state index is -0.622. The van der Waals surface area contributed by atoms with E-state index in [9.17, 15) is 10.1 Å². The van der Waals surface area contributed by atoms with Crippen LogP contribution in [-0.2, 0) is 6.61 Å². The molecule has 0 N–H and O–H groups in total. The van der Waals surface area contributed by atoms with Crippen LogP contribution in [0.5, 0.6) is 11.5 Å². The zero-order valence-electron chi connectivity index (χ0n) is 21.3. The molecular weight excluding hydrogens is 547 g/mol. The molecule has 0 unspecified atom stereocenters. The van der Waals surface area contributed by atoms with Gasteiger partial charge in [0.25, 0.3) is 0 Å². The van der Waals surface area contributed by atoms with Gasteiger partial charge >= 0.3 is 0 Å². The number of nitrogens with zero attached hydrogens (tertiary/aromatic N) is 4. The SMILES string of the molecule is COc1cc([C@@H](C[N+](=O)[O-])Sc2nnc(C)n2-c2ccc(C)c(C)c2)cc(Cl)c1OCc1ccccc1Cl. The van der Waals surface area contributed by atoms with Gasteiger partial charge in [-0.15, -0.1) is 10.2 Å². The Kier molecular flexibility index (Phi) is 8.81. The largest absolute Gasteiger partial charge is 0.493 e. The zero-order chi connectivity index (χ0) is 27.4. The lowest BCUT2D eigenvalue weighted by atomic mass is 10.1. The van der Waals surface area contributed by atoms with Crippen molar-refractivity contribution in [3.63, 3.8) is 0 Å². The molecule has 0 amide bonds. The molecule has 0 aliphatic heterocycles. The van der Waals surface area contributed by atoms with E-state index in [-0.39, 0.29) is 23.1 Å². The Hall–Kier alpha value is -3.27. The summed E-state index contributed by atoms with van der Waals surface area (Å²) in [5.74, 6) is 1.37. The first-order chi connectivity index (χ1) is 18.2. The van der Waals surface area contributed by atoms with Gasteiger partial charge in [-0.25, -0.2) is 0 Å². The highest BCUT2D eigenvalue weighted by molar-refractivity contribution is 7.99. The molecule has 4 rings (SSSR count). The maximum atomic E-state index is 11.7. The van der Waals surface area contributed by atoms with Gasteiger partial charge in [0.15, 0.2) is 16.7 Å². The number of hydrogen-bond acceptors (Lipinski definition) is 7. The molecule has 0 saturated heterocycles. The fourth-order valence-corrected chi connectivity index (χ4v) is 5.50. The standard InChI is InChI=1S/C27H26Cl2N4O4S/c1-16-9-10-21(11-17(16)2)33-18(3)30-31-27(33)38-25(14-32(34)35)20-12-23(29)26(24(13-20)36-4)37-15-19-7-5-6-8-22(19)28/h5-13,25H,14-15H2,1-4H3/t25-/m1/s1. The fraction of sp³-hybridized carbons (Fsp3) is 0.259. The summed E-state index contributed by atoms with van der Waals surface area (Å²) in [6, 6.07) is 16.8. The van der Waals surface area contributed by atoms with E-state index in [1.165, 1.54) is 24.4 Å². The molecule has 198 valence electrons. The molecule has 0 saturated carbocycles. The van der Waals surface area contributed by atoms with E-state index < -0.39 is 5.25 Å². The lowest BCUT2D eigenvalue weighted by Crippen LogP contribution is -2.12. The van der Waals surface area contributed by atoms with Crippen LogP contribution in [0.15, 0.2) is 59.8 Å². The van der Waals surface area contributed by atoms with Crippen molar-refractivity contribution in [1.82, 2.24) is 14.8 Å². The monoisotopic (exact) mass is 572 g/mol. The van der Waals surface area contributed by atoms with Gasteiger partial charge < -0.3 is 9.47 Å². The number of aromatic nitrogens is 3. The predicted octanol–water partition coefficient (Wildman–Crippen LogP) is 7.20. The summed E-state index contributed by atoms with van der Waals surface area (Å²) in [6.45, 7) is 5.74. The maximum absolute atomic E-state index is 11.7. The first kappa shape index (κ1) is 27.8. The quantitative estimate of drug-likeness (QED) is 0.113. The van der Waals surface area contributed by atoms with Gasteiger partial charge in [-0.2, -0.15) is 0 Å². The van der Waals surface area contributed by atoms with Crippen LogP contribution in [0.3, 0.4) is 0 Å². The summed E-state index contributed by atoms with van der Waals surface area (Å²) in [7, 11) is 1.49. The molecule has 0 radical (unpaired) electrons. The number of methoxy groups -OCH3 is 1. The first-order valence-corrected chi connectivity index (χ1v) is 13.3. The third-order valence-electron chi connectivity index (χ3n) is 6.06. The highest BCUT2D eigenvalue weighted by atomic mass is 35.5. The van der Waals surface area contributed by atoms with Gasteiger partial charge in [0.2, 0.25) is 6.54 Å². The van der Waals surface area contributed by atoms with Crippen molar-refractivity contribution in [1.29, 1.82) is 0 Å². The minimum Gasteiger partial charge on any atom is -0.493 e. The summed E-state index contributed by atoms with van der Waals surface area (Å²) >= 11 is 14.1. The van der Waals surface area contributed by atoms with Crippen molar-refractivity contribution in [3.8, 4) is 17.2 Å². The van der Waals surface area contributed by atoms with Crippen LogP contribution in [0.4, 0.5) is 0 Å². The lowest BCUT2D eigenvalue weighted by Gasteiger charge is -2.18. The van der Waals surface area contributed by atoms with E-state index in [4.69, 9.17) is 32.7 Å². The maximum Gasteiger partial charge on any atom is 0.220 e. The van der Waals surface area contributed by atoms with Crippen molar-refractivity contribution in [2.45, 2.75) is 37.8 Å². The number of thioether (sulfide) groups is 1. The predicted molar refractivity (Wildman–Crippen MR) is 150 cm³/mol. The lowest BCUT2D eigenvalue weighted by molar-refractivity contribution is -0.479. The fourth-order valence-electron chi connectivity index (χ4n) is 3.89. The molecule has 0 aliphatic carbocycles. The van der Waals surface area contributed by atoms with Gasteiger partial charge in [-0.1, -0.05) is 59.2 Å². The molecular formula is C27H26Cl2N4O4S. The third kappa shape index (κ3) is 6.23. The smallest absolute Gasteiger partial charge is 0.220 e. The van der Waals surface area contributed by atoms with Crippen molar-refractivity contribution in [2.24, 2.45) is 0 Å². The second kappa shape index (κ2) is 12.1. The Balaban J connectivity index is 1.67. The second-order valence-corrected chi connectivity index (χ2v) is 10.7. The molecule has 4 aromatic rings. The highest BCUT2D eigenvalue weighted by Crippen LogP contribution is 2.43. The Labute approximate surface area is 235 Å². The Morgan fingerprint density at radius 1 is 1.03 bits per heavy atom. The topological polar surface area (TPSA) is 92.3 Å². The first-order valence-electron chi connectivity index (χ1n) is 11.7. The minimum absolute atomic E-state index is 0.181. The highest BCUT2D eigenvalue weighted by Gasteiger charge is 2.26. The van der Waals surface area contributed by atoms with Crippen LogP contribution in [0.2, 0.25) is 10.0 Å². The number of nitro groups is 1. The molecule has 0 fully saturated rings. The van der Waals surface area contributed by atoms with Crippen LogP contribution in [0, 0.1) is 30.9 Å². The van der Waals surface area contributed by atoms with Crippen molar-refractivity contribution >= 4 is 35.0 Å².